The highest BCUT2D eigenvalue weighted by Gasteiger charge is 2.29. The Bertz CT molecular complexity index is 548. The fourth-order valence-electron chi connectivity index (χ4n) is 3.79. The lowest BCUT2D eigenvalue weighted by Crippen LogP contribution is -2.50. The monoisotopic (exact) mass is 347 g/mol. The van der Waals surface area contributed by atoms with Gasteiger partial charge in [-0.05, 0) is 49.9 Å². The number of amides is 2. The average molecular weight is 347 g/mol. The molecule has 1 aromatic rings. The number of hydrogen-bond donors (Lipinski definition) is 1. The zero-order chi connectivity index (χ0) is 17.6. The maximum Gasteiger partial charge on any atom is 0.321 e. The fourth-order valence-corrected chi connectivity index (χ4v) is 3.79. The van der Waals surface area contributed by atoms with E-state index in [1.54, 1.807) is 14.2 Å². The maximum absolute atomic E-state index is 12.4. The minimum absolute atomic E-state index is 0.0123. The number of likely N-dealkylation sites (tertiary alicyclic amines) is 2. The second kappa shape index (κ2) is 8.54. The second-order valence-corrected chi connectivity index (χ2v) is 6.85. The molecule has 2 fully saturated rings. The third-order valence-electron chi connectivity index (χ3n) is 5.42. The topological polar surface area (TPSA) is 54.0 Å². The van der Waals surface area contributed by atoms with Crippen molar-refractivity contribution in [2.24, 2.45) is 0 Å². The van der Waals surface area contributed by atoms with Crippen LogP contribution in [0.4, 0.5) is 10.5 Å². The number of nitrogens with zero attached hydrogens (tertiary/aromatic N) is 2. The molecule has 138 valence electrons. The SMILES string of the molecule is COc1ccc(NC(=O)N2CCC(N3CCC(OC)CC3)CC2)cc1. The van der Waals surface area contributed by atoms with E-state index in [-0.39, 0.29) is 6.03 Å². The lowest BCUT2D eigenvalue weighted by atomic mass is 9.99. The van der Waals surface area contributed by atoms with E-state index in [9.17, 15) is 4.79 Å². The number of urea groups is 1. The van der Waals surface area contributed by atoms with Gasteiger partial charge in [0.15, 0.2) is 0 Å². The number of benzene rings is 1. The third-order valence-corrected chi connectivity index (χ3v) is 5.42. The Morgan fingerprint density at radius 3 is 2.20 bits per heavy atom. The Labute approximate surface area is 150 Å². The van der Waals surface area contributed by atoms with E-state index in [1.165, 1.54) is 0 Å². The Kier molecular flexibility index (Phi) is 6.15. The van der Waals surface area contributed by atoms with E-state index in [0.29, 0.717) is 12.1 Å². The van der Waals surface area contributed by atoms with E-state index < -0.39 is 0 Å². The fraction of sp³-hybridized carbons (Fsp3) is 0.632. The molecule has 2 aliphatic rings. The van der Waals surface area contributed by atoms with Gasteiger partial charge in [-0.25, -0.2) is 4.79 Å². The summed E-state index contributed by atoms with van der Waals surface area (Å²) in [6, 6.07) is 8.02. The van der Waals surface area contributed by atoms with Crippen LogP contribution in [0.2, 0.25) is 0 Å². The molecular formula is C19H29N3O3. The molecule has 0 bridgehead atoms. The summed E-state index contributed by atoms with van der Waals surface area (Å²) in [5, 5.41) is 2.97. The Balaban J connectivity index is 1.44. The standard InChI is InChI=1S/C19H29N3O3/c1-24-17-5-3-15(4-6-17)20-19(23)22-11-7-16(8-12-22)21-13-9-18(25-2)10-14-21/h3-6,16,18H,7-14H2,1-2H3,(H,20,23). The molecule has 2 aliphatic heterocycles. The normalized spacial score (nSPS) is 20.5. The van der Waals surface area contributed by atoms with Gasteiger partial charge in [-0.1, -0.05) is 0 Å². The molecule has 0 spiro atoms. The van der Waals surface area contributed by atoms with Crippen LogP contribution in [0.1, 0.15) is 25.7 Å². The summed E-state index contributed by atoms with van der Waals surface area (Å²) >= 11 is 0. The van der Waals surface area contributed by atoms with Crippen molar-refractivity contribution in [2.75, 3.05) is 45.7 Å². The number of carbonyl (C=O) groups is 1. The quantitative estimate of drug-likeness (QED) is 0.910. The average Bonchev–Trinajstić information content (AvgIpc) is 2.69. The second-order valence-electron chi connectivity index (χ2n) is 6.85. The summed E-state index contributed by atoms with van der Waals surface area (Å²) in [6.07, 6.45) is 4.76. The molecule has 2 saturated heterocycles. The number of ether oxygens (including phenoxy) is 2. The van der Waals surface area contributed by atoms with Crippen molar-refractivity contribution in [1.29, 1.82) is 0 Å². The van der Waals surface area contributed by atoms with Crippen LogP contribution in [0, 0.1) is 0 Å². The molecule has 6 heteroatoms. The molecule has 0 aliphatic carbocycles. The first-order chi connectivity index (χ1) is 12.2. The predicted octanol–water partition coefficient (Wildman–Crippen LogP) is 2.80. The summed E-state index contributed by atoms with van der Waals surface area (Å²) < 4.78 is 10.6. The lowest BCUT2D eigenvalue weighted by Gasteiger charge is -2.41. The van der Waals surface area contributed by atoms with E-state index in [0.717, 1.165) is 63.3 Å². The molecule has 3 rings (SSSR count). The third kappa shape index (κ3) is 4.64. The van der Waals surface area contributed by atoms with Crippen LogP contribution >= 0.6 is 0 Å². The number of hydrogen-bond acceptors (Lipinski definition) is 4. The molecule has 25 heavy (non-hydrogen) atoms. The molecule has 1 aromatic carbocycles. The minimum Gasteiger partial charge on any atom is -0.497 e. The number of carbonyl (C=O) groups excluding carboxylic acids is 1. The Morgan fingerprint density at radius 2 is 1.64 bits per heavy atom. The zero-order valence-corrected chi connectivity index (χ0v) is 15.2. The predicted molar refractivity (Wildman–Crippen MR) is 98.2 cm³/mol. The van der Waals surface area contributed by atoms with E-state index >= 15 is 0 Å². The maximum atomic E-state index is 12.4. The minimum atomic E-state index is -0.0123. The van der Waals surface area contributed by atoms with Crippen molar-refractivity contribution in [3.05, 3.63) is 24.3 Å². The van der Waals surface area contributed by atoms with E-state index in [1.807, 2.05) is 29.2 Å². The van der Waals surface area contributed by atoms with Gasteiger partial charge in [-0.2, -0.15) is 0 Å². The summed E-state index contributed by atoms with van der Waals surface area (Å²) in [6.45, 7) is 3.86. The van der Waals surface area contributed by atoms with Crippen molar-refractivity contribution in [3.63, 3.8) is 0 Å². The molecule has 0 aromatic heterocycles. The summed E-state index contributed by atoms with van der Waals surface area (Å²) in [7, 11) is 3.44. The largest absolute Gasteiger partial charge is 0.497 e. The molecule has 6 nitrogen and oxygen atoms in total. The zero-order valence-electron chi connectivity index (χ0n) is 15.2. The van der Waals surface area contributed by atoms with Crippen LogP contribution in [0.15, 0.2) is 24.3 Å². The van der Waals surface area contributed by atoms with Gasteiger partial charge >= 0.3 is 6.03 Å². The first kappa shape index (κ1) is 18.0. The van der Waals surface area contributed by atoms with Crippen molar-refractivity contribution < 1.29 is 14.3 Å². The first-order valence-corrected chi connectivity index (χ1v) is 9.16. The highest BCUT2D eigenvalue weighted by molar-refractivity contribution is 5.89. The van der Waals surface area contributed by atoms with Gasteiger partial charge in [-0.15, -0.1) is 0 Å². The van der Waals surface area contributed by atoms with Gasteiger partial charge < -0.3 is 24.6 Å². The van der Waals surface area contributed by atoms with E-state index in [2.05, 4.69) is 10.2 Å². The first-order valence-electron chi connectivity index (χ1n) is 9.16. The van der Waals surface area contributed by atoms with Gasteiger partial charge in [0.05, 0.1) is 13.2 Å². The van der Waals surface area contributed by atoms with Crippen molar-refractivity contribution in [3.8, 4) is 5.75 Å². The van der Waals surface area contributed by atoms with Crippen molar-refractivity contribution in [2.45, 2.75) is 37.8 Å². The number of rotatable bonds is 4. The highest BCUT2D eigenvalue weighted by atomic mass is 16.5. The number of methoxy groups -OCH3 is 2. The molecule has 0 atom stereocenters. The van der Waals surface area contributed by atoms with Gasteiger partial charge in [0.25, 0.3) is 0 Å². The van der Waals surface area contributed by atoms with Crippen LogP contribution < -0.4 is 10.1 Å². The molecule has 0 radical (unpaired) electrons. The van der Waals surface area contributed by atoms with Gasteiger partial charge in [-0.3, -0.25) is 0 Å². The number of anilines is 1. The number of nitrogens with one attached hydrogen (secondary N) is 1. The lowest BCUT2D eigenvalue weighted by molar-refractivity contribution is 0.0173. The summed E-state index contributed by atoms with van der Waals surface area (Å²) in [5.74, 6) is 0.788. The van der Waals surface area contributed by atoms with Crippen LogP contribution in [-0.4, -0.2) is 68.4 Å². The summed E-state index contributed by atoms with van der Waals surface area (Å²) in [5.41, 5.74) is 0.801. The molecule has 0 saturated carbocycles. The molecule has 2 amide bonds. The molecular weight excluding hydrogens is 318 g/mol. The molecule has 0 unspecified atom stereocenters. The Morgan fingerprint density at radius 1 is 1.00 bits per heavy atom. The van der Waals surface area contributed by atoms with E-state index in [4.69, 9.17) is 9.47 Å². The molecule has 1 N–H and O–H groups in total. The van der Waals surface area contributed by atoms with Crippen LogP contribution in [0.5, 0.6) is 5.75 Å². The van der Waals surface area contributed by atoms with Gasteiger partial charge in [0.1, 0.15) is 5.75 Å². The summed E-state index contributed by atoms with van der Waals surface area (Å²) in [4.78, 5) is 16.9. The molecule has 2 heterocycles. The van der Waals surface area contributed by atoms with Gasteiger partial charge in [0.2, 0.25) is 0 Å². The van der Waals surface area contributed by atoms with Gasteiger partial charge in [0, 0.05) is 45.0 Å². The van der Waals surface area contributed by atoms with Crippen LogP contribution in [0.3, 0.4) is 0 Å². The van der Waals surface area contributed by atoms with Crippen LogP contribution in [0.25, 0.3) is 0 Å². The van der Waals surface area contributed by atoms with Crippen molar-refractivity contribution in [1.82, 2.24) is 9.80 Å². The van der Waals surface area contributed by atoms with Crippen molar-refractivity contribution >= 4 is 11.7 Å². The smallest absolute Gasteiger partial charge is 0.321 e. The number of piperidine rings is 2. The highest BCUT2D eigenvalue weighted by Crippen LogP contribution is 2.23. The van der Waals surface area contributed by atoms with Crippen LogP contribution in [-0.2, 0) is 4.74 Å². The Hall–Kier alpha value is -1.79.